The molecule has 2 aromatic rings. The average Bonchev–Trinajstić information content (AvgIpc) is 2.12. The van der Waals surface area contributed by atoms with Gasteiger partial charge in [0.2, 0.25) is 6.33 Å². The topological polar surface area (TPSA) is 29.7 Å². The lowest BCUT2D eigenvalue weighted by Gasteiger charge is -1.97. The number of aryl methyl sites for hydroxylation is 2. The summed E-state index contributed by atoms with van der Waals surface area (Å²) in [4.78, 5) is 8.15. The molecule has 0 atom stereocenters. The Labute approximate surface area is 70.7 Å². The summed E-state index contributed by atoms with van der Waals surface area (Å²) < 4.78 is 2.05. The first-order chi connectivity index (χ1) is 5.79. The highest BCUT2D eigenvalue weighted by atomic mass is 15.0. The molecule has 0 bridgehead atoms. The molecule has 60 valence electrons. The van der Waals surface area contributed by atoms with Gasteiger partial charge in [-0.25, -0.2) is 9.55 Å². The van der Waals surface area contributed by atoms with Crippen LogP contribution in [0, 0.1) is 6.92 Å². The first-order valence-corrected chi connectivity index (χ1v) is 3.84. The quantitative estimate of drug-likeness (QED) is 0.532. The van der Waals surface area contributed by atoms with Crippen molar-refractivity contribution < 1.29 is 4.57 Å². The number of aromatic nitrogens is 3. The molecule has 0 aromatic carbocycles. The molecule has 0 saturated heterocycles. The van der Waals surface area contributed by atoms with E-state index in [1.807, 2.05) is 19.3 Å². The number of rotatable bonds is 0. The van der Waals surface area contributed by atoms with Gasteiger partial charge in [0.15, 0.2) is 0 Å². The number of hydrogen-bond donors (Lipinski definition) is 0. The van der Waals surface area contributed by atoms with Crippen molar-refractivity contribution in [1.29, 1.82) is 0 Å². The van der Waals surface area contributed by atoms with E-state index in [0.29, 0.717) is 0 Å². The molecule has 0 aliphatic carbocycles. The molecule has 0 saturated carbocycles. The Morgan fingerprint density at radius 1 is 1.33 bits per heavy atom. The maximum atomic E-state index is 4.19. The van der Waals surface area contributed by atoms with Crippen molar-refractivity contribution >= 4 is 11.0 Å². The molecule has 3 nitrogen and oxygen atoms in total. The summed E-state index contributed by atoms with van der Waals surface area (Å²) in [6, 6.07) is 4.09. The molecule has 0 amide bonds. The van der Waals surface area contributed by atoms with E-state index in [4.69, 9.17) is 0 Å². The van der Waals surface area contributed by atoms with E-state index < -0.39 is 0 Å². The lowest BCUT2D eigenvalue weighted by atomic mass is 10.3. The molecule has 0 fully saturated rings. The molecule has 3 heteroatoms. The van der Waals surface area contributed by atoms with Crippen LogP contribution in [0.2, 0.25) is 0 Å². The first-order valence-electron chi connectivity index (χ1n) is 3.84. The predicted octanol–water partition coefficient (Wildman–Crippen LogP) is 0.763. The van der Waals surface area contributed by atoms with Gasteiger partial charge in [-0.2, -0.15) is 0 Å². The van der Waals surface area contributed by atoms with Gasteiger partial charge in [-0.1, -0.05) is 0 Å². The van der Waals surface area contributed by atoms with Crippen molar-refractivity contribution in [1.82, 2.24) is 9.97 Å². The summed E-state index contributed by atoms with van der Waals surface area (Å²) >= 11 is 0. The second-order valence-corrected chi connectivity index (χ2v) is 2.84. The lowest BCUT2D eigenvalue weighted by Crippen LogP contribution is -2.33. The Balaban J connectivity index is 2.91. The largest absolute Gasteiger partial charge is 0.333 e. The lowest BCUT2D eigenvalue weighted by molar-refractivity contribution is -0.653. The van der Waals surface area contributed by atoms with Gasteiger partial charge >= 0.3 is 5.65 Å². The van der Waals surface area contributed by atoms with Gasteiger partial charge in [-0.15, -0.1) is 0 Å². The van der Waals surface area contributed by atoms with Gasteiger partial charge in [0.25, 0.3) is 0 Å². The van der Waals surface area contributed by atoms with Gasteiger partial charge in [0, 0.05) is 6.20 Å². The summed E-state index contributed by atoms with van der Waals surface area (Å²) in [5.74, 6) is 0. The Bertz CT molecular complexity index is 423. The highest BCUT2D eigenvalue weighted by Gasteiger charge is 2.06. The minimum atomic E-state index is 0.977. The third kappa shape index (κ3) is 0.942. The van der Waals surface area contributed by atoms with Crippen LogP contribution in [0.15, 0.2) is 24.7 Å². The highest BCUT2D eigenvalue weighted by molar-refractivity contribution is 5.69. The van der Waals surface area contributed by atoms with Crippen LogP contribution >= 0.6 is 0 Å². The predicted molar refractivity (Wildman–Crippen MR) is 45.5 cm³/mol. The minimum absolute atomic E-state index is 0.977. The van der Waals surface area contributed by atoms with Crippen molar-refractivity contribution in [3.8, 4) is 0 Å². The van der Waals surface area contributed by atoms with Gasteiger partial charge < -0.3 is 0 Å². The second kappa shape index (κ2) is 2.52. The van der Waals surface area contributed by atoms with Crippen molar-refractivity contribution in [2.24, 2.45) is 7.05 Å². The van der Waals surface area contributed by atoms with Crippen LogP contribution in [0.25, 0.3) is 11.0 Å². The van der Waals surface area contributed by atoms with Crippen LogP contribution < -0.4 is 4.57 Å². The van der Waals surface area contributed by atoms with Crippen molar-refractivity contribution in [2.75, 3.05) is 0 Å². The fraction of sp³-hybridized carbons (Fsp3) is 0.222. The molecule has 0 unspecified atom stereocenters. The first kappa shape index (κ1) is 7.16. The monoisotopic (exact) mass is 160 g/mol. The highest BCUT2D eigenvalue weighted by Crippen LogP contribution is 2.04. The Morgan fingerprint density at radius 2 is 2.17 bits per heavy atom. The molecule has 0 aliphatic rings. The van der Waals surface area contributed by atoms with Crippen LogP contribution in [-0.4, -0.2) is 9.97 Å². The number of nitrogens with zero attached hydrogens (tertiary/aromatic N) is 3. The smallest absolute Gasteiger partial charge is 0.231 e. The molecule has 2 rings (SSSR count). The Morgan fingerprint density at radius 3 is 3.00 bits per heavy atom. The SMILES string of the molecule is Cc1ccc2cncnc2[n+]1C. The molecule has 0 radical (unpaired) electrons. The third-order valence-electron chi connectivity index (χ3n) is 2.07. The van der Waals surface area contributed by atoms with Crippen LogP contribution in [0.5, 0.6) is 0 Å². The summed E-state index contributed by atoms with van der Waals surface area (Å²) in [6.45, 7) is 2.06. The molecule has 0 aliphatic heterocycles. The van der Waals surface area contributed by atoms with Crippen LogP contribution in [0.4, 0.5) is 0 Å². The van der Waals surface area contributed by atoms with Crippen LogP contribution in [0.1, 0.15) is 5.69 Å². The third-order valence-corrected chi connectivity index (χ3v) is 2.07. The normalized spacial score (nSPS) is 10.5. The molecular weight excluding hydrogens is 150 g/mol. The fourth-order valence-electron chi connectivity index (χ4n) is 1.22. The Hall–Kier alpha value is -1.51. The van der Waals surface area contributed by atoms with Crippen LogP contribution in [0.3, 0.4) is 0 Å². The number of hydrogen-bond acceptors (Lipinski definition) is 2. The molecule has 0 N–H and O–H groups in total. The summed E-state index contributed by atoms with van der Waals surface area (Å²) in [5.41, 5.74) is 2.17. The van der Waals surface area contributed by atoms with Gasteiger partial charge in [0.1, 0.15) is 5.69 Å². The minimum Gasteiger partial charge on any atom is -0.231 e. The maximum Gasteiger partial charge on any atom is 0.333 e. The van der Waals surface area contributed by atoms with E-state index in [9.17, 15) is 0 Å². The van der Waals surface area contributed by atoms with Gasteiger partial charge in [0.05, 0.1) is 12.4 Å². The standard InChI is InChI=1S/C9H10N3/c1-7-3-4-8-5-10-6-11-9(8)12(7)2/h3-6H,1-2H3/q+1. The zero-order valence-corrected chi connectivity index (χ0v) is 7.15. The molecular formula is C9H10N3+. The fourth-order valence-corrected chi connectivity index (χ4v) is 1.22. The molecule has 12 heavy (non-hydrogen) atoms. The summed E-state index contributed by atoms with van der Waals surface area (Å²) in [6.07, 6.45) is 3.39. The molecule has 0 spiro atoms. The van der Waals surface area contributed by atoms with Crippen molar-refractivity contribution in [2.45, 2.75) is 6.92 Å². The second-order valence-electron chi connectivity index (χ2n) is 2.84. The average molecular weight is 160 g/mol. The summed E-state index contributed by atoms with van der Waals surface area (Å²) in [5, 5.41) is 1.07. The van der Waals surface area contributed by atoms with Crippen molar-refractivity contribution in [3.05, 3.63) is 30.4 Å². The van der Waals surface area contributed by atoms with E-state index in [1.54, 1.807) is 6.33 Å². The molecule has 2 aromatic heterocycles. The molecule has 2 heterocycles. The van der Waals surface area contributed by atoms with Crippen LogP contribution in [-0.2, 0) is 7.05 Å². The number of fused-ring (bicyclic) bond motifs is 1. The Kier molecular flexibility index (Phi) is 1.50. The van der Waals surface area contributed by atoms with Gasteiger partial charge in [-0.3, -0.25) is 0 Å². The van der Waals surface area contributed by atoms with E-state index >= 15 is 0 Å². The van der Waals surface area contributed by atoms with E-state index in [1.165, 1.54) is 5.69 Å². The zero-order chi connectivity index (χ0) is 8.55. The summed E-state index contributed by atoms with van der Waals surface area (Å²) in [7, 11) is 2.00. The van der Waals surface area contributed by atoms with Crippen molar-refractivity contribution in [3.63, 3.8) is 0 Å². The zero-order valence-electron chi connectivity index (χ0n) is 7.15. The number of pyridine rings is 1. The van der Waals surface area contributed by atoms with Gasteiger partial charge in [-0.05, 0) is 24.0 Å². The van der Waals surface area contributed by atoms with E-state index in [0.717, 1.165) is 11.0 Å². The van der Waals surface area contributed by atoms with E-state index in [-0.39, 0.29) is 0 Å². The maximum absolute atomic E-state index is 4.19. The van der Waals surface area contributed by atoms with E-state index in [2.05, 4.69) is 27.5 Å².